The highest BCUT2D eigenvalue weighted by molar-refractivity contribution is 7.09. The van der Waals surface area contributed by atoms with Crippen LogP contribution in [-0.4, -0.2) is 23.2 Å². The van der Waals surface area contributed by atoms with Crippen molar-refractivity contribution in [3.8, 4) is 0 Å². The molecule has 1 aliphatic carbocycles. The normalized spacial score (nSPS) is 27.1. The zero-order valence-electron chi connectivity index (χ0n) is 11.7. The van der Waals surface area contributed by atoms with Crippen LogP contribution in [-0.2, 0) is 4.74 Å². The Balaban J connectivity index is 1.50. The summed E-state index contributed by atoms with van der Waals surface area (Å²) < 4.78 is 6.34. The van der Waals surface area contributed by atoms with Gasteiger partial charge in [-0.05, 0) is 32.1 Å². The van der Waals surface area contributed by atoms with Crippen molar-refractivity contribution < 1.29 is 4.74 Å². The van der Waals surface area contributed by atoms with Gasteiger partial charge in [-0.2, -0.15) is 0 Å². The van der Waals surface area contributed by atoms with Gasteiger partial charge in [-0.3, -0.25) is 0 Å². The first-order valence-corrected chi connectivity index (χ1v) is 8.50. The number of rotatable bonds is 5. The number of thiazole rings is 1. The van der Waals surface area contributed by atoms with E-state index in [4.69, 9.17) is 4.74 Å². The summed E-state index contributed by atoms with van der Waals surface area (Å²) in [5.74, 6) is 0. The fourth-order valence-corrected chi connectivity index (χ4v) is 4.31. The van der Waals surface area contributed by atoms with Crippen molar-refractivity contribution in [2.75, 3.05) is 6.54 Å². The molecule has 2 atom stereocenters. The van der Waals surface area contributed by atoms with Crippen LogP contribution in [0.2, 0.25) is 0 Å². The van der Waals surface area contributed by atoms with Crippen LogP contribution in [0.4, 0.5) is 0 Å². The van der Waals surface area contributed by atoms with Gasteiger partial charge in [-0.25, -0.2) is 4.98 Å². The highest BCUT2D eigenvalue weighted by Crippen LogP contribution is 2.43. The first-order valence-electron chi connectivity index (χ1n) is 7.62. The molecule has 4 heteroatoms. The summed E-state index contributed by atoms with van der Waals surface area (Å²) in [7, 11) is 0. The quantitative estimate of drug-likeness (QED) is 0.893. The van der Waals surface area contributed by atoms with Crippen LogP contribution in [0.1, 0.15) is 62.9 Å². The summed E-state index contributed by atoms with van der Waals surface area (Å²) >= 11 is 1.74. The monoisotopic (exact) mass is 280 g/mol. The maximum Gasteiger partial charge on any atom is 0.109 e. The smallest absolute Gasteiger partial charge is 0.109 e. The largest absolute Gasteiger partial charge is 0.370 e. The lowest BCUT2D eigenvalue weighted by molar-refractivity contribution is -0.0359. The van der Waals surface area contributed by atoms with E-state index in [0.717, 1.165) is 13.0 Å². The van der Waals surface area contributed by atoms with Gasteiger partial charge in [0.25, 0.3) is 0 Å². The Morgan fingerprint density at radius 2 is 2.32 bits per heavy atom. The van der Waals surface area contributed by atoms with E-state index in [1.807, 2.05) is 6.20 Å². The van der Waals surface area contributed by atoms with Crippen molar-refractivity contribution in [1.82, 2.24) is 10.3 Å². The van der Waals surface area contributed by atoms with Crippen molar-refractivity contribution in [2.45, 2.75) is 69.6 Å². The van der Waals surface area contributed by atoms with Crippen LogP contribution in [0, 0.1) is 0 Å². The Morgan fingerprint density at radius 3 is 3.00 bits per heavy atom. The number of ether oxygens (including phenoxy) is 1. The molecule has 1 saturated heterocycles. The molecular weight excluding hydrogens is 256 g/mol. The lowest BCUT2D eigenvalue weighted by atomic mass is 9.98. The average molecular weight is 280 g/mol. The molecular formula is C15H24N2OS. The second kappa shape index (κ2) is 5.90. The summed E-state index contributed by atoms with van der Waals surface area (Å²) in [6.45, 7) is 3.19. The standard InChI is InChI=1S/C15H24N2OS/c1-2-13(14-16-9-10-19-14)17-11-12-5-8-15(18-12)6-3-4-7-15/h9-10,12-13,17H,2-8,11H2,1H3. The van der Waals surface area contributed by atoms with Crippen LogP contribution >= 0.6 is 11.3 Å². The molecule has 2 aliphatic rings. The first kappa shape index (κ1) is 13.5. The summed E-state index contributed by atoms with van der Waals surface area (Å²) in [6.07, 6.45) is 11.2. The first-order chi connectivity index (χ1) is 9.31. The molecule has 0 radical (unpaired) electrons. The van der Waals surface area contributed by atoms with Gasteiger partial charge in [0.1, 0.15) is 5.01 Å². The minimum absolute atomic E-state index is 0.259. The zero-order chi connectivity index (χ0) is 13.1. The summed E-state index contributed by atoms with van der Waals surface area (Å²) in [4.78, 5) is 4.42. The molecule has 1 aromatic rings. The summed E-state index contributed by atoms with van der Waals surface area (Å²) in [6, 6.07) is 0.392. The summed E-state index contributed by atoms with van der Waals surface area (Å²) in [5, 5.41) is 6.90. The molecule has 0 aromatic carbocycles. The molecule has 19 heavy (non-hydrogen) atoms. The van der Waals surface area contributed by atoms with Crippen molar-refractivity contribution in [3.63, 3.8) is 0 Å². The minimum Gasteiger partial charge on any atom is -0.370 e. The van der Waals surface area contributed by atoms with Crippen LogP contribution in [0.15, 0.2) is 11.6 Å². The van der Waals surface area contributed by atoms with E-state index in [1.165, 1.54) is 43.5 Å². The number of aromatic nitrogens is 1. The Kier molecular flexibility index (Phi) is 4.20. The van der Waals surface area contributed by atoms with Crippen LogP contribution < -0.4 is 5.32 Å². The van der Waals surface area contributed by atoms with Gasteiger partial charge in [0, 0.05) is 18.1 Å². The van der Waals surface area contributed by atoms with Crippen LogP contribution in [0.5, 0.6) is 0 Å². The number of hydrogen-bond donors (Lipinski definition) is 1. The van der Waals surface area contributed by atoms with E-state index in [1.54, 1.807) is 11.3 Å². The minimum atomic E-state index is 0.259. The van der Waals surface area contributed by atoms with Gasteiger partial charge < -0.3 is 10.1 Å². The maximum atomic E-state index is 6.34. The Labute approximate surface area is 119 Å². The lowest BCUT2D eigenvalue weighted by Gasteiger charge is -2.24. The van der Waals surface area contributed by atoms with Crippen molar-refractivity contribution in [2.24, 2.45) is 0 Å². The highest BCUT2D eigenvalue weighted by atomic mass is 32.1. The lowest BCUT2D eigenvalue weighted by Crippen LogP contribution is -2.33. The Morgan fingerprint density at radius 1 is 1.47 bits per heavy atom. The fraction of sp³-hybridized carbons (Fsp3) is 0.800. The molecule has 1 aromatic heterocycles. The molecule has 1 aliphatic heterocycles. The Hall–Kier alpha value is -0.450. The van der Waals surface area contributed by atoms with E-state index in [9.17, 15) is 0 Å². The number of hydrogen-bond acceptors (Lipinski definition) is 4. The average Bonchev–Trinajstić information content (AvgIpc) is 3.15. The number of nitrogens with zero attached hydrogens (tertiary/aromatic N) is 1. The molecule has 3 rings (SSSR count). The molecule has 0 amide bonds. The molecule has 1 saturated carbocycles. The number of nitrogens with one attached hydrogen (secondary N) is 1. The molecule has 3 nitrogen and oxygen atoms in total. The third kappa shape index (κ3) is 3.01. The van der Waals surface area contributed by atoms with Gasteiger partial charge in [0.2, 0.25) is 0 Å². The predicted octanol–water partition coefficient (Wildman–Crippen LogP) is 3.68. The second-order valence-electron chi connectivity index (χ2n) is 5.91. The second-order valence-corrected chi connectivity index (χ2v) is 6.83. The highest BCUT2D eigenvalue weighted by Gasteiger charge is 2.41. The molecule has 1 N–H and O–H groups in total. The predicted molar refractivity (Wildman–Crippen MR) is 78.5 cm³/mol. The van der Waals surface area contributed by atoms with E-state index in [-0.39, 0.29) is 5.60 Å². The van der Waals surface area contributed by atoms with Gasteiger partial charge in [0.15, 0.2) is 0 Å². The Bertz CT molecular complexity index is 387. The zero-order valence-corrected chi connectivity index (χ0v) is 12.5. The van der Waals surface area contributed by atoms with Crippen molar-refractivity contribution >= 4 is 11.3 Å². The van der Waals surface area contributed by atoms with Gasteiger partial charge >= 0.3 is 0 Å². The van der Waals surface area contributed by atoms with E-state index in [2.05, 4.69) is 22.6 Å². The fourth-order valence-electron chi connectivity index (χ4n) is 3.51. The molecule has 1 spiro atoms. The van der Waals surface area contributed by atoms with Crippen molar-refractivity contribution in [1.29, 1.82) is 0 Å². The third-order valence-corrected chi connectivity index (χ3v) is 5.49. The molecule has 2 unspecified atom stereocenters. The van der Waals surface area contributed by atoms with Crippen molar-refractivity contribution in [3.05, 3.63) is 16.6 Å². The third-order valence-electron chi connectivity index (χ3n) is 4.60. The van der Waals surface area contributed by atoms with Gasteiger partial charge in [-0.1, -0.05) is 19.8 Å². The van der Waals surface area contributed by atoms with Gasteiger partial charge in [0.05, 0.1) is 17.7 Å². The van der Waals surface area contributed by atoms with Gasteiger partial charge in [-0.15, -0.1) is 11.3 Å². The summed E-state index contributed by atoms with van der Waals surface area (Å²) in [5.41, 5.74) is 0.259. The molecule has 106 valence electrons. The van der Waals surface area contributed by atoms with E-state index < -0.39 is 0 Å². The van der Waals surface area contributed by atoms with Crippen LogP contribution in [0.25, 0.3) is 0 Å². The SMILES string of the molecule is CCC(NCC1CCC2(CCCC2)O1)c1nccs1. The molecule has 2 heterocycles. The topological polar surface area (TPSA) is 34.1 Å². The maximum absolute atomic E-state index is 6.34. The van der Waals surface area contributed by atoms with E-state index >= 15 is 0 Å². The molecule has 0 bridgehead atoms. The van der Waals surface area contributed by atoms with Crippen LogP contribution in [0.3, 0.4) is 0 Å². The van der Waals surface area contributed by atoms with E-state index in [0.29, 0.717) is 12.1 Å². The molecule has 2 fully saturated rings.